The largest absolute Gasteiger partial charge is 0.444 e. The van der Waals surface area contributed by atoms with Crippen LogP contribution in [0.15, 0.2) is 12.1 Å². The van der Waals surface area contributed by atoms with Crippen LogP contribution in [0.5, 0.6) is 0 Å². The number of nitriles is 1. The molecule has 1 heterocycles. The number of carbonyl (C=O) groups excluding carboxylic acids is 1. The lowest BCUT2D eigenvalue weighted by atomic mass is 10.1. The Kier molecular flexibility index (Phi) is 7.97. The van der Waals surface area contributed by atoms with Crippen molar-refractivity contribution in [3.8, 4) is 6.07 Å². The molecule has 1 fully saturated rings. The number of hydrogen-bond donors (Lipinski definition) is 1. The first-order valence-corrected chi connectivity index (χ1v) is 14.5. The van der Waals surface area contributed by atoms with E-state index in [1.807, 2.05) is 33.8 Å². The topological polar surface area (TPSA) is 74.6 Å². The summed E-state index contributed by atoms with van der Waals surface area (Å²) in [6, 6.07) is 5.50. The Hall–Kier alpha value is -1.75. The SMILES string of the molecule is Cc1c(NC[C@@H]2[C@@H](O[Si](C)(C)C(C)(C)C)CCN2C(=O)OC(C)(C)C)ccc(C#N)c1Cl. The first-order valence-electron chi connectivity index (χ1n) is 11.2. The van der Waals surface area contributed by atoms with Gasteiger partial charge in [0, 0.05) is 18.8 Å². The summed E-state index contributed by atoms with van der Waals surface area (Å²) in [7, 11) is -2.03. The van der Waals surface area contributed by atoms with Crippen LogP contribution in [0.4, 0.5) is 10.5 Å². The molecule has 0 aromatic heterocycles. The molecule has 0 bridgehead atoms. The van der Waals surface area contributed by atoms with Crippen molar-refractivity contribution in [3.63, 3.8) is 0 Å². The molecule has 1 aromatic carbocycles. The van der Waals surface area contributed by atoms with Gasteiger partial charge in [0.05, 0.1) is 22.7 Å². The molecule has 0 aliphatic carbocycles. The Labute approximate surface area is 199 Å². The van der Waals surface area contributed by atoms with Gasteiger partial charge in [-0.1, -0.05) is 32.4 Å². The third-order valence-corrected chi connectivity index (χ3v) is 11.4. The zero-order valence-corrected chi connectivity index (χ0v) is 22.7. The molecule has 0 radical (unpaired) electrons. The highest BCUT2D eigenvalue weighted by Gasteiger charge is 2.45. The van der Waals surface area contributed by atoms with Gasteiger partial charge in [0.1, 0.15) is 11.7 Å². The maximum absolute atomic E-state index is 13.0. The maximum atomic E-state index is 13.0. The first-order chi connectivity index (χ1) is 14.6. The molecule has 1 saturated heterocycles. The molecule has 8 heteroatoms. The molecule has 2 atom stereocenters. The predicted molar refractivity (Wildman–Crippen MR) is 133 cm³/mol. The second kappa shape index (κ2) is 9.62. The summed E-state index contributed by atoms with van der Waals surface area (Å²) >= 11 is 6.35. The van der Waals surface area contributed by atoms with E-state index in [4.69, 9.17) is 20.8 Å². The number of benzene rings is 1. The summed E-state index contributed by atoms with van der Waals surface area (Å²) in [6.07, 6.45) is 0.371. The van der Waals surface area contributed by atoms with Gasteiger partial charge in [-0.3, -0.25) is 0 Å². The second-order valence-corrected chi connectivity index (χ2v) is 16.2. The predicted octanol–water partition coefficient (Wildman–Crippen LogP) is 6.33. The van der Waals surface area contributed by atoms with Gasteiger partial charge in [-0.15, -0.1) is 0 Å². The molecule has 178 valence electrons. The van der Waals surface area contributed by atoms with Crippen LogP contribution in [0.3, 0.4) is 0 Å². The molecule has 1 aliphatic heterocycles. The molecule has 0 unspecified atom stereocenters. The average Bonchev–Trinajstić information content (AvgIpc) is 3.02. The summed E-state index contributed by atoms with van der Waals surface area (Å²) in [5.41, 5.74) is 1.54. The Morgan fingerprint density at radius 3 is 2.44 bits per heavy atom. The zero-order chi connectivity index (χ0) is 24.5. The van der Waals surface area contributed by atoms with E-state index >= 15 is 0 Å². The molecule has 1 N–H and O–H groups in total. The van der Waals surface area contributed by atoms with Crippen molar-refractivity contribution in [1.82, 2.24) is 4.90 Å². The minimum atomic E-state index is -2.03. The number of anilines is 1. The minimum Gasteiger partial charge on any atom is -0.444 e. The summed E-state index contributed by atoms with van der Waals surface area (Å²) in [4.78, 5) is 14.8. The van der Waals surface area contributed by atoms with Crippen molar-refractivity contribution in [2.75, 3.05) is 18.4 Å². The van der Waals surface area contributed by atoms with Gasteiger partial charge in [-0.25, -0.2) is 4.79 Å². The Bertz CT molecular complexity index is 884. The fourth-order valence-electron chi connectivity index (χ4n) is 3.48. The van der Waals surface area contributed by atoms with E-state index in [0.717, 1.165) is 17.7 Å². The lowest BCUT2D eigenvalue weighted by molar-refractivity contribution is 0.0179. The molecule has 1 amide bonds. The average molecular weight is 480 g/mol. The number of hydrogen-bond acceptors (Lipinski definition) is 5. The highest BCUT2D eigenvalue weighted by atomic mass is 35.5. The van der Waals surface area contributed by atoms with Crippen molar-refractivity contribution < 1.29 is 14.0 Å². The number of halogens is 1. The Morgan fingerprint density at radius 2 is 1.91 bits per heavy atom. The minimum absolute atomic E-state index is 0.0710. The van der Waals surface area contributed by atoms with Crippen LogP contribution in [0, 0.1) is 18.3 Å². The van der Waals surface area contributed by atoms with E-state index < -0.39 is 13.9 Å². The maximum Gasteiger partial charge on any atom is 0.410 e. The number of carbonyl (C=O) groups is 1. The van der Waals surface area contributed by atoms with Gasteiger partial charge in [0.15, 0.2) is 8.32 Å². The highest BCUT2D eigenvalue weighted by Crippen LogP contribution is 2.39. The number of nitrogens with zero attached hydrogens (tertiary/aromatic N) is 2. The van der Waals surface area contributed by atoms with Gasteiger partial charge in [-0.2, -0.15) is 5.26 Å². The number of ether oxygens (including phenoxy) is 1. The third-order valence-electron chi connectivity index (χ3n) is 6.37. The summed E-state index contributed by atoms with van der Waals surface area (Å²) in [5, 5.41) is 13.2. The van der Waals surface area contributed by atoms with Gasteiger partial charge < -0.3 is 19.4 Å². The van der Waals surface area contributed by atoms with E-state index in [0.29, 0.717) is 23.7 Å². The van der Waals surface area contributed by atoms with E-state index in [9.17, 15) is 10.1 Å². The fourth-order valence-corrected chi connectivity index (χ4v) is 5.08. The Balaban J connectivity index is 2.28. The molecule has 32 heavy (non-hydrogen) atoms. The molecule has 2 rings (SSSR count). The molecular weight excluding hydrogens is 442 g/mol. The van der Waals surface area contributed by atoms with Crippen LogP contribution in [0.25, 0.3) is 0 Å². The number of likely N-dealkylation sites (tertiary alicyclic amines) is 1. The van der Waals surface area contributed by atoms with Crippen molar-refractivity contribution in [2.24, 2.45) is 0 Å². The summed E-state index contributed by atoms with van der Waals surface area (Å²) in [5.74, 6) is 0. The van der Waals surface area contributed by atoms with Crippen molar-refractivity contribution >= 4 is 31.7 Å². The standard InChI is InChI=1S/C24H38ClN3O3Si/c1-16-18(11-10-17(14-26)21(16)25)27-15-19-20(31-32(8,9)24(5,6)7)12-13-28(19)22(29)30-23(2,3)4/h10-11,19-20,27H,12-13,15H2,1-9H3/t19-,20+/m1/s1. The zero-order valence-electron chi connectivity index (χ0n) is 20.9. The normalized spacial score (nSPS) is 19.6. The van der Waals surface area contributed by atoms with E-state index in [2.05, 4.69) is 45.3 Å². The summed E-state index contributed by atoms with van der Waals surface area (Å²) in [6.45, 7) is 19.7. The van der Waals surface area contributed by atoms with Crippen molar-refractivity contribution in [3.05, 3.63) is 28.3 Å². The molecule has 1 aliphatic rings. The molecule has 6 nitrogen and oxygen atoms in total. The van der Waals surface area contributed by atoms with Crippen LogP contribution >= 0.6 is 11.6 Å². The van der Waals surface area contributed by atoms with Gasteiger partial charge in [0.2, 0.25) is 0 Å². The van der Waals surface area contributed by atoms with Crippen LogP contribution in [-0.4, -0.2) is 50.1 Å². The summed E-state index contributed by atoms with van der Waals surface area (Å²) < 4.78 is 12.4. The smallest absolute Gasteiger partial charge is 0.410 e. The van der Waals surface area contributed by atoms with Crippen LogP contribution in [0.1, 0.15) is 59.1 Å². The lowest BCUT2D eigenvalue weighted by Crippen LogP contribution is -2.51. The number of rotatable bonds is 5. The van der Waals surface area contributed by atoms with Gasteiger partial charge in [0.25, 0.3) is 0 Å². The molecular formula is C24H38ClN3O3Si. The van der Waals surface area contributed by atoms with Gasteiger partial charge >= 0.3 is 6.09 Å². The van der Waals surface area contributed by atoms with Crippen molar-refractivity contribution in [1.29, 1.82) is 5.26 Å². The van der Waals surface area contributed by atoms with E-state index in [1.54, 1.807) is 11.0 Å². The van der Waals surface area contributed by atoms with Crippen LogP contribution in [-0.2, 0) is 9.16 Å². The monoisotopic (exact) mass is 479 g/mol. The fraction of sp³-hybridized carbons (Fsp3) is 0.667. The van der Waals surface area contributed by atoms with Gasteiger partial charge in [-0.05, 0) is 69.9 Å². The second-order valence-electron chi connectivity index (χ2n) is 11.0. The van der Waals surface area contributed by atoms with E-state index in [-0.39, 0.29) is 23.3 Å². The number of nitrogens with one attached hydrogen (secondary N) is 1. The quantitative estimate of drug-likeness (QED) is 0.499. The first kappa shape index (κ1) is 26.5. The highest BCUT2D eigenvalue weighted by molar-refractivity contribution is 6.74. The van der Waals surface area contributed by atoms with E-state index in [1.165, 1.54) is 0 Å². The molecule has 1 aromatic rings. The molecule has 0 saturated carbocycles. The third kappa shape index (κ3) is 6.18. The molecule has 0 spiro atoms. The van der Waals surface area contributed by atoms with Crippen LogP contribution < -0.4 is 5.32 Å². The van der Waals surface area contributed by atoms with Crippen LogP contribution in [0.2, 0.25) is 23.2 Å². The Morgan fingerprint density at radius 1 is 1.28 bits per heavy atom. The number of amides is 1. The lowest BCUT2D eigenvalue weighted by Gasteiger charge is -2.40. The van der Waals surface area contributed by atoms with Crippen molar-refractivity contribution in [2.45, 2.75) is 90.8 Å².